The number of unbranched alkanes of at least 4 members (excludes halogenated alkanes) is 12. The van der Waals surface area contributed by atoms with Crippen molar-refractivity contribution >= 4 is 17.1 Å². The molecule has 0 aliphatic carbocycles. The van der Waals surface area contributed by atoms with Crippen molar-refractivity contribution in [1.29, 1.82) is 0 Å². The Bertz CT molecular complexity index is 893. The number of aromatic nitrogens is 4. The number of hydrogen-bond acceptors (Lipinski definition) is 4. The van der Waals surface area contributed by atoms with Gasteiger partial charge in [-0.15, -0.1) is 0 Å². The number of aromatic amines is 4. The van der Waals surface area contributed by atoms with Crippen LogP contribution in [0, 0.1) is 0 Å². The molecule has 9 nitrogen and oxygen atoms in total. The molecule has 170 valence electrons. The summed E-state index contributed by atoms with van der Waals surface area (Å²) in [7, 11) is 0. The molecule has 0 aromatic carbocycles. The van der Waals surface area contributed by atoms with Gasteiger partial charge < -0.3 is 5.11 Å². The van der Waals surface area contributed by atoms with Crippen LogP contribution in [0.2, 0.25) is 0 Å². The van der Waals surface area contributed by atoms with Crippen LogP contribution in [0.4, 0.5) is 0 Å². The van der Waals surface area contributed by atoms with E-state index in [4.69, 9.17) is 5.11 Å². The molecular formula is C21H36N4O5. The summed E-state index contributed by atoms with van der Waals surface area (Å²) in [4.78, 5) is 51.3. The summed E-state index contributed by atoms with van der Waals surface area (Å²) in [6.07, 6.45) is 17.3. The van der Waals surface area contributed by atoms with Crippen LogP contribution in [0.15, 0.2) is 14.4 Å². The van der Waals surface area contributed by atoms with Gasteiger partial charge in [0.15, 0.2) is 0 Å². The normalized spacial score (nSPS) is 10.7. The summed E-state index contributed by atoms with van der Waals surface area (Å²) >= 11 is 0. The molecule has 0 bridgehead atoms. The number of carbonyl (C=O) groups is 1. The first-order valence-corrected chi connectivity index (χ1v) is 11.1. The SMILES string of the molecule is CCCCCCCCCCCCCCCC(=O)O.O=c1[nH]c(=O)c2[nH]c(=O)[nH]c2[nH]1. The van der Waals surface area contributed by atoms with Crippen LogP contribution in [0.25, 0.3) is 11.2 Å². The summed E-state index contributed by atoms with van der Waals surface area (Å²) in [5.74, 6) is -0.655. The van der Waals surface area contributed by atoms with Gasteiger partial charge in [0.05, 0.1) is 0 Å². The Morgan fingerprint density at radius 2 is 1.10 bits per heavy atom. The third-order valence-corrected chi connectivity index (χ3v) is 4.91. The van der Waals surface area contributed by atoms with Gasteiger partial charge in [-0.25, -0.2) is 9.59 Å². The molecule has 0 aliphatic rings. The minimum Gasteiger partial charge on any atom is -0.481 e. The van der Waals surface area contributed by atoms with E-state index in [1.54, 1.807) is 0 Å². The molecule has 2 heterocycles. The number of fused-ring (bicyclic) bond motifs is 1. The number of imidazole rings is 1. The Hall–Kier alpha value is -2.58. The van der Waals surface area contributed by atoms with Gasteiger partial charge in [0, 0.05) is 6.42 Å². The van der Waals surface area contributed by atoms with Crippen molar-refractivity contribution in [3.05, 3.63) is 31.3 Å². The molecule has 5 N–H and O–H groups in total. The van der Waals surface area contributed by atoms with E-state index in [9.17, 15) is 19.2 Å². The fourth-order valence-corrected chi connectivity index (χ4v) is 3.25. The van der Waals surface area contributed by atoms with Crippen molar-refractivity contribution in [3.8, 4) is 0 Å². The predicted molar refractivity (Wildman–Crippen MR) is 118 cm³/mol. The minimum atomic E-state index is -0.655. The van der Waals surface area contributed by atoms with Gasteiger partial charge in [-0.3, -0.25) is 29.5 Å². The second-order valence-corrected chi connectivity index (χ2v) is 7.62. The van der Waals surface area contributed by atoms with Gasteiger partial charge >= 0.3 is 17.3 Å². The zero-order chi connectivity index (χ0) is 22.2. The number of rotatable bonds is 14. The van der Waals surface area contributed by atoms with Crippen LogP contribution in [0.1, 0.15) is 96.8 Å². The number of hydrogen-bond donors (Lipinski definition) is 5. The fourth-order valence-electron chi connectivity index (χ4n) is 3.25. The summed E-state index contributed by atoms with van der Waals surface area (Å²) in [5, 5.41) is 8.49. The Kier molecular flexibility index (Phi) is 13.0. The number of H-pyrrole nitrogens is 4. The molecule has 0 saturated heterocycles. The molecule has 2 aromatic rings. The number of nitrogens with one attached hydrogen (secondary N) is 4. The summed E-state index contributed by atoms with van der Waals surface area (Å²) in [6, 6.07) is 0. The monoisotopic (exact) mass is 424 g/mol. The first-order valence-electron chi connectivity index (χ1n) is 11.1. The van der Waals surface area contributed by atoms with Crippen LogP contribution >= 0.6 is 0 Å². The summed E-state index contributed by atoms with van der Waals surface area (Å²) in [5.41, 5.74) is -1.65. The largest absolute Gasteiger partial charge is 0.481 e. The fraction of sp³-hybridized carbons (Fsp3) is 0.714. The van der Waals surface area contributed by atoms with Gasteiger partial charge in [0.25, 0.3) is 5.56 Å². The topological polar surface area (TPSA) is 152 Å². The van der Waals surface area contributed by atoms with Crippen molar-refractivity contribution in [2.75, 3.05) is 0 Å². The highest BCUT2D eigenvalue weighted by Gasteiger charge is 2.02. The summed E-state index contributed by atoms with van der Waals surface area (Å²) < 4.78 is 0. The molecule has 0 unspecified atom stereocenters. The number of carboxylic acid groups (broad SMARTS) is 1. The second-order valence-electron chi connectivity index (χ2n) is 7.62. The maximum absolute atomic E-state index is 10.9. The Labute approximate surface area is 175 Å². The Morgan fingerprint density at radius 3 is 1.57 bits per heavy atom. The zero-order valence-corrected chi connectivity index (χ0v) is 18.0. The van der Waals surface area contributed by atoms with Gasteiger partial charge in [0.1, 0.15) is 11.2 Å². The Morgan fingerprint density at radius 1 is 0.667 bits per heavy atom. The van der Waals surface area contributed by atoms with Crippen molar-refractivity contribution in [2.24, 2.45) is 0 Å². The molecule has 2 rings (SSSR count). The third kappa shape index (κ3) is 11.4. The highest BCUT2D eigenvalue weighted by Crippen LogP contribution is 2.12. The van der Waals surface area contributed by atoms with E-state index in [1.807, 2.05) is 4.98 Å². The standard InChI is InChI=1S/C16H32O2.C5H4N4O3/c1-2-3-4-5-6-7-8-9-10-11-12-13-14-15-16(17)18;10-3-1-2(7-4(11)6-1)8-5(12)9-3/h2-15H2,1H3,(H,17,18);(H4,6,7,8,9,10,11,12). The summed E-state index contributed by atoms with van der Waals surface area (Å²) in [6.45, 7) is 2.26. The van der Waals surface area contributed by atoms with E-state index in [-0.39, 0.29) is 11.2 Å². The molecule has 2 aromatic heterocycles. The van der Waals surface area contributed by atoms with Crippen LogP contribution in [-0.4, -0.2) is 31.0 Å². The van der Waals surface area contributed by atoms with Crippen molar-refractivity contribution in [3.63, 3.8) is 0 Å². The van der Waals surface area contributed by atoms with Gasteiger partial charge in [-0.2, -0.15) is 0 Å². The van der Waals surface area contributed by atoms with E-state index in [1.165, 1.54) is 70.6 Å². The van der Waals surface area contributed by atoms with Crippen molar-refractivity contribution in [2.45, 2.75) is 96.8 Å². The molecule has 9 heteroatoms. The van der Waals surface area contributed by atoms with Crippen LogP contribution in [0.3, 0.4) is 0 Å². The molecule has 0 radical (unpaired) electrons. The van der Waals surface area contributed by atoms with Crippen molar-refractivity contribution in [1.82, 2.24) is 19.9 Å². The molecule has 0 fully saturated rings. The predicted octanol–water partition coefficient (Wildman–Crippen LogP) is 3.79. The van der Waals surface area contributed by atoms with Crippen LogP contribution in [0.5, 0.6) is 0 Å². The third-order valence-electron chi connectivity index (χ3n) is 4.91. The number of aliphatic carboxylic acids is 1. The first kappa shape index (κ1) is 25.5. The number of carboxylic acids is 1. The zero-order valence-electron chi connectivity index (χ0n) is 18.0. The van der Waals surface area contributed by atoms with Gasteiger partial charge in [-0.1, -0.05) is 84.0 Å². The van der Waals surface area contributed by atoms with Gasteiger partial charge in [0.2, 0.25) is 0 Å². The second kappa shape index (κ2) is 15.3. The van der Waals surface area contributed by atoms with Gasteiger partial charge in [-0.05, 0) is 6.42 Å². The average molecular weight is 425 g/mol. The molecular weight excluding hydrogens is 388 g/mol. The lowest BCUT2D eigenvalue weighted by Crippen LogP contribution is -2.21. The maximum atomic E-state index is 10.9. The molecule has 0 saturated carbocycles. The smallest absolute Gasteiger partial charge is 0.327 e. The highest BCUT2D eigenvalue weighted by atomic mass is 16.4. The van der Waals surface area contributed by atoms with Crippen LogP contribution < -0.4 is 16.9 Å². The van der Waals surface area contributed by atoms with E-state index in [2.05, 4.69) is 21.9 Å². The highest BCUT2D eigenvalue weighted by molar-refractivity contribution is 5.67. The first-order chi connectivity index (χ1) is 14.4. The molecule has 0 amide bonds. The molecule has 30 heavy (non-hydrogen) atoms. The molecule has 0 aliphatic heterocycles. The molecule has 0 atom stereocenters. The van der Waals surface area contributed by atoms with E-state index >= 15 is 0 Å². The maximum Gasteiger partial charge on any atom is 0.327 e. The van der Waals surface area contributed by atoms with Crippen LogP contribution in [-0.2, 0) is 4.79 Å². The lowest BCUT2D eigenvalue weighted by molar-refractivity contribution is -0.137. The lowest BCUT2D eigenvalue weighted by Gasteiger charge is -2.02. The van der Waals surface area contributed by atoms with E-state index < -0.39 is 22.9 Å². The molecule has 0 spiro atoms. The van der Waals surface area contributed by atoms with E-state index in [0.717, 1.165) is 12.8 Å². The quantitative estimate of drug-likeness (QED) is 0.292. The average Bonchev–Trinajstić information content (AvgIpc) is 3.06. The minimum absolute atomic E-state index is 0.0413. The van der Waals surface area contributed by atoms with Crippen molar-refractivity contribution < 1.29 is 9.90 Å². The van der Waals surface area contributed by atoms with E-state index in [0.29, 0.717) is 6.42 Å². The Balaban J connectivity index is 0.000000321. The lowest BCUT2D eigenvalue weighted by atomic mass is 10.0.